The van der Waals surface area contributed by atoms with Crippen LogP contribution in [0.2, 0.25) is 0 Å². The van der Waals surface area contributed by atoms with Crippen LogP contribution in [-0.4, -0.2) is 69.5 Å². The van der Waals surface area contributed by atoms with Gasteiger partial charge in [0.25, 0.3) is 0 Å². The number of amides is 2. The third-order valence-corrected chi connectivity index (χ3v) is 7.37. The molecule has 31 heavy (non-hydrogen) atoms. The lowest BCUT2D eigenvalue weighted by molar-refractivity contribution is -0.137. The van der Waals surface area contributed by atoms with Gasteiger partial charge in [-0.15, -0.1) is 11.3 Å². The predicted octanol–water partition coefficient (Wildman–Crippen LogP) is 2.61. The summed E-state index contributed by atoms with van der Waals surface area (Å²) >= 11 is 1.60. The van der Waals surface area contributed by atoms with Crippen molar-refractivity contribution in [3.8, 4) is 0 Å². The van der Waals surface area contributed by atoms with E-state index in [9.17, 15) is 9.59 Å². The van der Waals surface area contributed by atoms with Crippen LogP contribution in [0.4, 0.5) is 0 Å². The smallest absolute Gasteiger partial charge is 0.231 e. The Kier molecular flexibility index (Phi) is 6.16. The normalized spacial score (nSPS) is 23.6. The Morgan fingerprint density at radius 3 is 2.87 bits per heavy atom. The van der Waals surface area contributed by atoms with E-state index >= 15 is 0 Å². The lowest BCUT2D eigenvalue weighted by Crippen LogP contribution is -2.40. The van der Waals surface area contributed by atoms with Crippen LogP contribution in [0.5, 0.6) is 0 Å². The summed E-state index contributed by atoms with van der Waals surface area (Å²) in [6.07, 6.45) is 4.93. The maximum Gasteiger partial charge on any atom is 0.231 e. The largest absolute Gasteiger partial charge is 0.384 e. The molecular formula is C22H31N5O3S. The minimum absolute atomic E-state index is 0.0355. The molecule has 2 amide bonds. The van der Waals surface area contributed by atoms with E-state index in [2.05, 4.69) is 28.4 Å². The molecule has 0 N–H and O–H groups in total. The van der Waals surface area contributed by atoms with E-state index in [1.165, 1.54) is 0 Å². The van der Waals surface area contributed by atoms with Crippen molar-refractivity contribution in [3.63, 3.8) is 0 Å². The highest BCUT2D eigenvalue weighted by atomic mass is 32.1. The fourth-order valence-electron chi connectivity index (χ4n) is 4.79. The molecule has 0 aromatic carbocycles. The number of ether oxygens (including phenoxy) is 1. The first-order valence-electron chi connectivity index (χ1n) is 10.8. The van der Waals surface area contributed by atoms with Gasteiger partial charge in [0.2, 0.25) is 11.8 Å². The summed E-state index contributed by atoms with van der Waals surface area (Å²) in [5, 5.41) is 3.02. The Hall–Kier alpha value is -2.26. The zero-order valence-electron chi connectivity index (χ0n) is 18.7. The molecule has 4 rings (SSSR count). The van der Waals surface area contributed by atoms with Crippen molar-refractivity contribution in [3.05, 3.63) is 34.3 Å². The molecule has 2 aliphatic heterocycles. The summed E-state index contributed by atoms with van der Waals surface area (Å²) in [6.45, 7) is 8.74. The summed E-state index contributed by atoms with van der Waals surface area (Å²) in [6, 6.07) is 0.293. The monoisotopic (exact) mass is 445 g/mol. The number of carbonyl (C=O) groups is 2. The molecule has 2 atom stereocenters. The van der Waals surface area contributed by atoms with Crippen molar-refractivity contribution < 1.29 is 14.3 Å². The van der Waals surface area contributed by atoms with Gasteiger partial charge in [-0.1, -0.05) is 0 Å². The van der Waals surface area contributed by atoms with Gasteiger partial charge >= 0.3 is 0 Å². The highest BCUT2D eigenvalue weighted by Crippen LogP contribution is 2.50. The summed E-state index contributed by atoms with van der Waals surface area (Å²) in [4.78, 5) is 39.5. The SMILES string of the molecule is COCCC(=O)N1C[C@@H](c2cn(C(C)C)cn2)[C@@]2(CCN(Cc3csc(C)n3)C2=O)C1. The van der Waals surface area contributed by atoms with Crippen molar-refractivity contribution in [1.82, 2.24) is 24.3 Å². The predicted molar refractivity (Wildman–Crippen MR) is 118 cm³/mol. The van der Waals surface area contributed by atoms with Crippen LogP contribution in [0.1, 0.15) is 55.0 Å². The van der Waals surface area contributed by atoms with Gasteiger partial charge < -0.3 is 19.1 Å². The molecule has 0 unspecified atom stereocenters. The Labute approximate surface area is 187 Å². The quantitative estimate of drug-likeness (QED) is 0.654. The topological polar surface area (TPSA) is 80.6 Å². The van der Waals surface area contributed by atoms with Crippen LogP contribution >= 0.6 is 11.3 Å². The average molecular weight is 446 g/mol. The van der Waals surface area contributed by atoms with Gasteiger partial charge in [0.1, 0.15) is 0 Å². The number of carbonyl (C=O) groups excluding carboxylic acids is 2. The fraction of sp³-hybridized carbons (Fsp3) is 0.636. The van der Waals surface area contributed by atoms with Crippen LogP contribution in [0.25, 0.3) is 0 Å². The number of hydrogen-bond acceptors (Lipinski definition) is 6. The Morgan fingerprint density at radius 2 is 2.23 bits per heavy atom. The highest BCUT2D eigenvalue weighted by Gasteiger charge is 2.58. The number of aryl methyl sites for hydroxylation is 1. The molecule has 9 heteroatoms. The Bertz CT molecular complexity index is 955. The molecule has 168 valence electrons. The number of likely N-dealkylation sites (tertiary alicyclic amines) is 2. The molecule has 2 aromatic rings. The summed E-state index contributed by atoms with van der Waals surface area (Å²) < 4.78 is 7.16. The van der Waals surface area contributed by atoms with Crippen LogP contribution in [-0.2, 0) is 20.9 Å². The number of nitrogens with zero attached hydrogens (tertiary/aromatic N) is 5. The van der Waals surface area contributed by atoms with Crippen LogP contribution < -0.4 is 0 Å². The minimum atomic E-state index is -0.621. The second-order valence-corrected chi connectivity index (χ2v) is 9.96. The van der Waals surface area contributed by atoms with Gasteiger partial charge in [-0.2, -0.15) is 0 Å². The number of aromatic nitrogens is 3. The second kappa shape index (κ2) is 8.70. The third-order valence-electron chi connectivity index (χ3n) is 6.55. The third kappa shape index (κ3) is 4.13. The molecule has 2 fully saturated rings. The maximum atomic E-state index is 13.8. The van der Waals surface area contributed by atoms with E-state index in [1.807, 2.05) is 34.6 Å². The van der Waals surface area contributed by atoms with Crippen molar-refractivity contribution in [1.29, 1.82) is 0 Å². The molecule has 2 aliphatic rings. The molecule has 2 saturated heterocycles. The molecule has 8 nitrogen and oxygen atoms in total. The first-order valence-corrected chi connectivity index (χ1v) is 11.7. The second-order valence-electron chi connectivity index (χ2n) is 8.90. The lowest BCUT2D eigenvalue weighted by Gasteiger charge is -2.27. The maximum absolute atomic E-state index is 13.8. The van der Waals surface area contributed by atoms with E-state index in [-0.39, 0.29) is 17.7 Å². The molecule has 0 saturated carbocycles. The first-order chi connectivity index (χ1) is 14.8. The number of rotatable bonds is 7. The van der Waals surface area contributed by atoms with E-state index < -0.39 is 5.41 Å². The van der Waals surface area contributed by atoms with Gasteiger partial charge in [-0.25, -0.2) is 9.97 Å². The highest BCUT2D eigenvalue weighted by molar-refractivity contribution is 7.09. The number of hydrogen-bond donors (Lipinski definition) is 0. The Balaban J connectivity index is 1.61. The molecule has 0 aliphatic carbocycles. The summed E-state index contributed by atoms with van der Waals surface area (Å²) in [5.74, 6) is 0.0475. The van der Waals surface area contributed by atoms with E-state index in [1.54, 1.807) is 18.4 Å². The number of imidazole rings is 1. The average Bonchev–Trinajstić information content (AvgIpc) is 3.51. The number of methoxy groups -OCH3 is 1. The van der Waals surface area contributed by atoms with Gasteiger partial charge in [0, 0.05) is 50.3 Å². The van der Waals surface area contributed by atoms with Crippen LogP contribution in [0.3, 0.4) is 0 Å². The van der Waals surface area contributed by atoms with E-state index in [4.69, 9.17) is 4.74 Å². The molecule has 4 heterocycles. The molecule has 0 radical (unpaired) electrons. The van der Waals surface area contributed by atoms with Crippen LogP contribution in [0.15, 0.2) is 17.9 Å². The van der Waals surface area contributed by atoms with E-state index in [0.717, 1.165) is 22.8 Å². The minimum Gasteiger partial charge on any atom is -0.384 e. The van der Waals surface area contributed by atoms with Crippen molar-refractivity contribution in [2.75, 3.05) is 33.4 Å². The van der Waals surface area contributed by atoms with Gasteiger partial charge in [-0.3, -0.25) is 9.59 Å². The van der Waals surface area contributed by atoms with Crippen LogP contribution in [0, 0.1) is 12.3 Å². The molecular weight excluding hydrogens is 414 g/mol. The standard InChI is InChI=1S/C22H31N5O3S/c1-15(2)27-11-19(23-14-27)18-10-26(20(28)5-8-30-4)13-22(18)6-7-25(21(22)29)9-17-12-31-16(3)24-17/h11-12,14-15,18H,5-10,13H2,1-4H3/t18-,22+/m0/s1. The van der Waals surface area contributed by atoms with Gasteiger partial charge in [-0.05, 0) is 27.2 Å². The lowest BCUT2D eigenvalue weighted by atomic mass is 9.75. The van der Waals surface area contributed by atoms with Crippen molar-refractivity contribution in [2.24, 2.45) is 5.41 Å². The van der Waals surface area contributed by atoms with Gasteiger partial charge in [0.15, 0.2) is 0 Å². The molecule has 2 aromatic heterocycles. The summed E-state index contributed by atoms with van der Waals surface area (Å²) in [5.41, 5.74) is 1.21. The Morgan fingerprint density at radius 1 is 1.42 bits per heavy atom. The fourth-order valence-corrected chi connectivity index (χ4v) is 5.40. The number of thiazole rings is 1. The summed E-state index contributed by atoms with van der Waals surface area (Å²) in [7, 11) is 1.60. The molecule has 1 spiro atoms. The van der Waals surface area contributed by atoms with Crippen molar-refractivity contribution in [2.45, 2.75) is 52.1 Å². The van der Waals surface area contributed by atoms with Crippen molar-refractivity contribution >= 4 is 23.2 Å². The first kappa shape index (κ1) is 22.0. The molecule has 0 bridgehead atoms. The van der Waals surface area contributed by atoms with Gasteiger partial charge in [0.05, 0.1) is 47.7 Å². The zero-order valence-corrected chi connectivity index (χ0v) is 19.5. The van der Waals surface area contributed by atoms with E-state index in [0.29, 0.717) is 45.2 Å². The zero-order chi connectivity index (χ0) is 22.2.